The topological polar surface area (TPSA) is 76.0 Å². The molecule has 264 valence electrons. The van der Waals surface area contributed by atoms with Crippen LogP contribution in [0.5, 0.6) is 0 Å². The summed E-state index contributed by atoms with van der Waals surface area (Å²) in [5.74, 6) is 3.52. The van der Waals surface area contributed by atoms with Crippen LogP contribution in [0.4, 0.5) is 0 Å². The first kappa shape index (κ1) is 38.5. The Balaban J connectivity index is 1.03. The van der Waals surface area contributed by atoms with E-state index in [9.17, 15) is 8.42 Å². The Bertz CT molecular complexity index is 1640. The molecule has 3 aliphatic rings. The minimum Gasteiger partial charge on any atom is -0.378 e. The van der Waals surface area contributed by atoms with Gasteiger partial charge in [-0.3, -0.25) is 0 Å². The average Bonchev–Trinajstić information content (AvgIpc) is 3.81. The highest BCUT2D eigenvalue weighted by Gasteiger charge is 2.31. The van der Waals surface area contributed by atoms with Crippen LogP contribution in [-0.4, -0.2) is 88.3 Å². The quantitative estimate of drug-likeness (QED) is 0.246. The smallest absolute Gasteiger partial charge is 0.267 e. The summed E-state index contributed by atoms with van der Waals surface area (Å²) in [5.41, 5.74) is 1.03. The molecule has 7 nitrogen and oxygen atoms in total. The molecule has 3 aromatic rings. The zero-order valence-electron chi connectivity index (χ0n) is 26.8. The van der Waals surface area contributed by atoms with Crippen LogP contribution in [0, 0.1) is 6.92 Å². The fourth-order valence-electron chi connectivity index (χ4n) is 4.50. The molecular weight excluding hydrogens is 795 g/mol. The van der Waals surface area contributed by atoms with Crippen molar-refractivity contribution in [3.63, 3.8) is 0 Å². The van der Waals surface area contributed by atoms with Crippen LogP contribution in [0.3, 0.4) is 0 Å². The number of benzene rings is 2. The van der Waals surface area contributed by atoms with Gasteiger partial charge in [0.2, 0.25) is 0 Å². The van der Waals surface area contributed by atoms with E-state index in [-0.39, 0.29) is 0 Å². The predicted molar refractivity (Wildman–Crippen MR) is 215 cm³/mol. The summed E-state index contributed by atoms with van der Waals surface area (Å²) in [6.07, 6.45) is 3.48. The van der Waals surface area contributed by atoms with E-state index in [0.717, 1.165) is 38.4 Å². The molecule has 16 heteroatoms. The van der Waals surface area contributed by atoms with Gasteiger partial charge >= 0.3 is 0 Å². The Morgan fingerprint density at radius 2 is 0.939 bits per heavy atom. The molecule has 0 fully saturated rings. The van der Waals surface area contributed by atoms with Crippen molar-refractivity contribution in [3.8, 4) is 0 Å². The molecule has 0 atom stereocenters. The lowest BCUT2D eigenvalue weighted by molar-refractivity contribution is 0.0605. The zero-order chi connectivity index (χ0) is 33.9. The van der Waals surface area contributed by atoms with Crippen molar-refractivity contribution in [2.45, 2.75) is 31.4 Å². The van der Waals surface area contributed by atoms with Crippen LogP contribution in [0.15, 0.2) is 102 Å². The van der Waals surface area contributed by atoms with Crippen LogP contribution >= 0.6 is 94.1 Å². The average molecular weight is 832 g/mol. The lowest BCUT2D eigenvalue weighted by atomic mass is 10.2. The summed E-state index contributed by atoms with van der Waals surface area (Å²) >= 11 is 14.2. The van der Waals surface area contributed by atoms with Gasteiger partial charge in [-0.2, -0.15) is 0 Å². The molecule has 0 aliphatic carbocycles. The summed E-state index contributed by atoms with van der Waals surface area (Å²) in [6, 6.07) is 15.5. The Morgan fingerprint density at radius 1 is 0.510 bits per heavy atom. The van der Waals surface area contributed by atoms with E-state index in [4.69, 9.17) is 18.9 Å². The highest BCUT2D eigenvalue weighted by Crippen LogP contribution is 2.64. The molecule has 0 N–H and O–H groups in total. The third kappa shape index (κ3) is 11.2. The molecule has 0 spiro atoms. The molecular formula is C33H37NO6S9. The number of ether oxygens (including phenoxy) is 4. The van der Waals surface area contributed by atoms with Gasteiger partial charge < -0.3 is 18.9 Å². The third-order valence-electron chi connectivity index (χ3n) is 6.92. The standard InChI is InChI=1S/C33H37NO6S9/c1-24-6-8-25(9-7-24)49(35,36)34-22-28-29(23-34)46-32(45-28)33-47-30-31(48-33)44-21-17-40-13-11-38-15-19-42-27-5-3-2-4-26(27)41-18-14-37-10-12-39-16-20-43-30/h2-9,22-23H,10-21H2,1H3. The predicted octanol–water partition coefficient (Wildman–Crippen LogP) is 9.40. The Kier molecular flexibility index (Phi) is 15.5. The largest absolute Gasteiger partial charge is 0.378 e. The second-order valence-electron chi connectivity index (χ2n) is 10.5. The molecule has 0 unspecified atom stereocenters. The summed E-state index contributed by atoms with van der Waals surface area (Å²) in [7, 11) is -3.63. The zero-order valence-corrected chi connectivity index (χ0v) is 34.2. The van der Waals surface area contributed by atoms with Crippen LogP contribution < -0.4 is 0 Å². The highest BCUT2D eigenvalue weighted by atomic mass is 32.3. The van der Waals surface area contributed by atoms with Gasteiger partial charge in [0.15, 0.2) is 0 Å². The van der Waals surface area contributed by atoms with Crippen LogP contribution in [0.2, 0.25) is 0 Å². The number of fused-ring (bicyclic) bond motifs is 2. The number of rotatable bonds is 2. The van der Waals surface area contributed by atoms with Gasteiger partial charge in [-0.15, -0.1) is 47.0 Å². The van der Waals surface area contributed by atoms with Crippen molar-refractivity contribution < 1.29 is 27.4 Å². The van der Waals surface area contributed by atoms with E-state index in [1.165, 1.54) is 30.7 Å². The minimum atomic E-state index is -3.63. The van der Waals surface area contributed by atoms with Gasteiger partial charge in [-0.1, -0.05) is 76.9 Å². The maximum Gasteiger partial charge on any atom is 0.267 e. The summed E-state index contributed by atoms with van der Waals surface area (Å²) < 4.78 is 56.3. The minimum absolute atomic E-state index is 0.294. The molecule has 3 aliphatic heterocycles. The first-order chi connectivity index (χ1) is 24.0. The number of hydrogen-bond donors (Lipinski definition) is 0. The maximum atomic E-state index is 13.2. The fraction of sp³-hybridized carbons (Fsp3) is 0.394. The van der Waals surface area contributed by atoms with Crippen molar-refractivity contribution in [3.05, 3.63) is 83.4 Å². The van der Waals surface area contributed by atoms with Gasteiger partial charge in [0.25, 0.3) is 10.0 Å². The lowest BCUT2D eigenvalue weighted by Crippen LogP contribution is -2.10. The number of nitrogens with zero attached hydrogens (tertiary/aromatic N) is 1. The van der Waals surface area contributed by atoms with E-state index in [2.05, 4.69) is 24.3 Å². The molecule has 2 aromatic carbocycles. The monoisotopic (exact) mass is 831 g/mol. The van der Waals surface area contributed by atoms with Crippen LogP contribution in [-0.2, 0) is 29.0 Å². The van der Waals surface area contributed by atoms with Gasteiger partial charge in [-0.25, -0.2) is 12.4 Å². The van der Waals surface area contributed by atoms with Crippen molar-refractivity contribution in [2.75, 3.05) is 75.9 Å². The molecule has 0 saturated heterocycles. The van der Waals surface area contributed by atoms with Crippen molar-refractivity contribution in [1.29, 1.82) is 0 Å². The summed E-state index contributed by atoms with van der Waals surface area (Å²) in [4.78, 5) is 4.80. The highest BCUT2D eigenvalue weighted by molar-refractivity contribution is 8.42. The van der Waals surface area contributed by atoms with Crippen molar-refractivity contribution in [2.24, 2.45) is 0 Å². The van der Waals surface area contributed by atoms with Gasteiger partial charge in [0.1, 0.15) is 0 Å². The van der Waals surface area contributed by atoms with E-state index in [1.54, 1.807) is 48.1 Å². The molecule has 0 bridgehead atoms. The molecule has 4 heterocycles. The SMILES string of the molecule is Cc1ccc(S(=O)(=O)n2cc3c(c2)SC(=C2SC4=C(SCCOCCOCCSc5ccccc5SCCOCCOCCS4)S2)S3)cc1. The molecule has 0 saturated carbocycles. The van der Waals surface area contributed by atoms with E-state index >= 15 is 0 Å². The lowest BCUT2D eigenvalue weighted by Gasteiger charge is -2.10. The second-order valence-corrected chi connectivity index (χ2v) is 22.0. The molecule has 6 rings (SSSR count). The summed E-state index contributed by atoms with van der Waals surface area (Å²) in [5, 5.41) is 0. The summed E-state index contributed by atoms with van der Waals surface area (Å²) in [6.45, 7) is 6.99. The molecule has 1 aromatic heterocycles. The second kappa shape index (κ2) is 19.7. The maximum absolute atomic E-state index is 13.2. The van der Waals surface area contributed by atoms with Crippen molar-refractivity contribution >= 4 is 104 Å². The van der Waals surface area contributed by atoms with Crippen molar-refractivity contribution in [1.82, 2.24) is 3.97 Å². The molecule has 0 radical (unpaired) electrons. The van der Waals surface area contributed by atoms with Gasteiger partial charge in [-0.05, 0) is 31.2 Å². The van der Waals surface area contributed by atoms with E-state index in [0.29, 0.717) is 57.8 Å². The number of aryl methyl sites for hydroxylation is 1. The van der Waals surface area contributed by atoms with Gasteiger partial charge in [0.05, 0.1) is 74.7 Å². The van der Waals surface area contributed by atoms with E-state index in [1.807, 2.05) is 89.6 Å². The Morgan fingerprint density at radius 3 is 1.41 bits per heavy atom. The Labute approximate surface area is 323 Å². The number of thioether (sulfide) groups is 8. The fourth-order valence-corrected chi connectivity index (χ4v) is 16.3. The normalized spacial score (nSPS) is 20.0. The first-order valence-electron chi connectivity index (χ1n) is 15.6. The number of hydrogen-bond acceptors (Lipinski definition) is 14. The molecule has 49 heavy (non-hydrogen) atoms. The van der Waals surface area contributed by atoms with E-state index < -0.39 is 10.0 Å². The number of aromatic nitrogens is 1. The van der Waals surface area contributed by atoms with Crippen LogP contribution in [0.1, 0.15) is 5.56 Å². The van der Waals surface area contributed by atoms with Crippen LogP contribution in [0.25, 0.3) is 0 Å². The Hall–Kier alpha value is -0.210. The molecule has 0 amide bonds. The first-order valence-corrected chi connectivity index (χ1v) is 24.3. The third-order valence-corrected chi connectivity index (χ3v) is 19.2. The van der Waals surface area contributed by atoms with Gasteiger partial charge in [0, 0.05) is 55.0 Å².